The lowest BCUT2D eigenvalue weighted by molar-refractivity contribution is 1.06. The van der Waals surface area contributed by atoms with Gasteiger partial charge in [0.1, 0.15) is 0 Å². The summed E-state index contributed by atoms with van der Waals surface area (Å²) in [7, 11) is 0. The molecule has 0 aliphatic heterocycles. The first-order chi connectivity index (χ1) is 7.88. The molecule has 0 unspecified atom stereocenters. The fraction of sp³-hybridized carbons (Fsp3) is 0.154. The Labute approximate surface area is 95.3 Å². The summed E-state index contributed by atoms with van der Waals surface area (Å²) in [6, 6.07) is 12.2. The highest BCUT2D eigenvalue weighted by Gasteiger charge is 1.94. The largest absolute Gasteiger partial charge is 0.380 e. The maximum atomic E-state index is 5.54. The number of pyridine rings is 1. The van der Waals surface area contributed by atoms with Crippen LogP contribution in [0.2, 0.25) is 0 Å². The van der Waals surface area contributed by atoms with Crippen LogP contribution in [0.1, 0.15) is 11.1 Å². The van der Waals surface area contributed by atoms with Gasteiger partial charge in [0.25, 0.3) is 0 Å². The topological polar surface area (TPSA) is 50.9 Å². The zero-order chi connectivity index (χ0) is 11.2. The Hall–Kier alpha value is -1.87. The van der Waals surface area contributed by atoms with Crippen LogP contribution in [0.15, 0.2) is 48.8 Å². The third-order valence-electron chi connectivity index (χ3n) is 2.42. The van der Waals surface area contributed by atoms with Crippen LogP contribution in [0.3, 0.4) is 0 Å². The predicted octanol–water partition coefficient (Wildman–Crippen LogP) is 2.15. The van der Waals surface area contributed by atoms with Crippen molar-refractivity contribution in [1.82, 2.24) is 4.98 Å². The number of nitrogens with zero attached hydrogens (tertiary/aromatic N) is 1. The van der Waals surface area contributed by atoms with Crippen molar-refractivity contribution >= 4 is 5.69 Å². The van der Waals surface area contributed by atoms with Gasteiger partial charge in [-0.05, 0) is 23.3 Å². The van der Waals surface area contributed by atoms with Crippen LogP contribution < -0.4 is 11.1 Å². The van der Waals surface area contributed by atoms with E-state index in [1.54, 1.807) is 6.20 Å². The lowest BCUT2D eigenvalue weighted by Crippen LogP contribution is -2.00. The Balaban J connectivity index is 1.94. The second-order valence-corrected chi connectivity index (χ2v) is 3.62. The van der Waals surface area contributed by atoms with Crippen molar-refractivity contribution in [3.63, 3.8) is 0 Å². The third-order valence-corrected chi connectivity index (χ3v) is 2.42. The van der Waals surface area contributed by atoms with E-state index >= 15 is 0 Å². The first-order valence-electron chi connectivity index (χ1n) is 5.30. The van der Waals surface area contributed by atoms with Crippen molar-refractivity contribution in [3.8, 4) is 0 Å². The van der Waals surface area contributed by atoms with Gasteiger partial charge < -0.3 is 11.1 Å². The first-order valence-corrected chi connectivity index (χ1v) is 5.30. The molecule has 0 fully saturated rings. The van der Waals surface area contributed by atoms with Gasteiger partial charge >= 0.3 is 0 Å². The van der Waals surface area contributed by atoms with Gasteiger partial charge in [-0.25, -0.2) is 0 Å². The number of anilines is 1. The number of aromatic nitrogens is 1. The zero-order valence-corrected chi connectivity index (χ0v) is 9.06. The normalized spacial score (nSPS) is 10.1. The van der Waals surface area contributed by atoms with Gasteiger partial charge in [-0.3, -0.25) is 4.98 Å². The van der Waals surface area contributed by atoms with E-state index in [9.17, 15) is 0 Å². The quantitative estimate of drug-likeness (QED) is 0.818. The highest BCUT2D eigenvalue weighted by Crippen LogP contribution is 2.08. The summed E-state index contributed by atoms with van der Waals surface area (Å²) in [6.07, 6.45) is 3.58. The van der Waals surface area contributed by atoms with Crippen molar-refractivity contribution in [2.75, 3.05) is 5.32 Å². The van der Waals surface area contributed by atoms with E-state index in [1.165, 1.54) is 5.56 Å². The number of nitrogens with one attached hydrogen (secondary N) is 1. The third kappa shape index (κ3) is 2.81. The molecule has 2 aromatic rings. The number of benzene rings is 1. The van der Waals surface area contributed by atoms with Gasteiger partial charge in [-0.2, -0.15) is 0 Å². The molecule has 0 aliphatic rings. The number of hydrogen-bond acceptors (Lipinski definition) is 3. The minimum atomic E-state index is 0.594. The Morgan fingerprint density at radius 1 is 1.06 bits per heavy atom. The fourth-order valence-electron chi connectivity index (χ4n) is 1.46. The summed E-state index contributed by atoms with van der Waals surface area (Å²) in [5.74, 6) is 0. The SMILES string of the molecule is NCc1ccc(CNc2cccnc2)cc1. The molecule has 3 N–H and O–H groups in total. The molecule has 1 aromatic carbocycles. The van der Waals surface area contributed by atoms with Gasteiger partial charge in [0.15, 0.2) is 0 Å². The van der Waals surface area contributed by atoms with Crippen LogP contribution in [0.5, 0.6) is 0 Å². The second-order valence-electron chi connectivity index (χ2n) is 3.62. The monoisotopic (exact) mass is 213 g/mol. The van der Waals surface area contributed by atoms with Crippen LogP contribution in [-0.4, -0.2) is 4.98 Å². The predicted molar refractivity (Wildman–Crippen MR) is 65.9 cm³/mol. The Morgan fingerprint density at radius 3 is 2.44 bits per heavy atom. The van der Waals surface area contributed by atoms with E-state index in [1.807, 2.05) is 18.3 Å². The molecule has 0 amide bonds. The van der Waals surface area contributed by atoms with Crippen LogP contribution in [-0.2, 0) is 13.1 Å². The van der Waals surface area contributed by atoms with E-state index < -0.39 is 0 Å². The highest BCUT2D eigenvalue weighted by atomic mass is 14.9. The fourth-order valence-corrected chi connectivity index (χ4v) is 1.46. The second kappa shape index (κ2) is 5.28. The number of hydrogen-bond donors (Lipinski definition) is 2. The lowest BCUT2D eigenvalue weighted by Gasteiger charge is -2.06. The van der Waals surface area contributed by atoms with Crippen LogP contribution in [0, 0.1) is 0 Å². The Kier molecular flexibility index (Phi) is 3.51. The first kappa shape index (κ1) is 10.6. The molecule has 0 atom stereocenters. The molecule has 82 valence electrons. The summed E-state index contributed by atoms with van der Waals surface area (Å²) in [6.45, 7) is 1.40. The van der Waals surface area contributed by atoms with Crippen molar-refractivity contribution in [3.05, 3.63) is 59.9 Å². The summed E-state index contributed by atoms with van der Waals surface area (Å²) >= 11 is 0. The minimum Gasteiger partial charge on any atom is -0.380 e. The van der Waals surface area contributed by atoms with E-state index in [4.69, 9.17) is 5.73 Å². The van der Waals surface area contributed by atoms with Crippen LogP contribution >= 0.6 is 0 Å². The maximum absolute atomic E-state index is 5.54. The molecular formula is C13H15N3. The Morgan fingerprint density at radius 2 is 1.81 bits per heavy atom. The van der Waals surface area contributed by atoms with Crippen molar-refractivity contribution in [2.45, 2.75) is 13.1 Å². The molecule has 3 heteroatoms. The number of rotatable bonds is 4. The maximum Gasteiger partial charge on any atom is 0.0529 e. The molecule has 0 radical (unpaired) electrons. The van der Waals surface area contributed by atoms with Crippen LogP contribution in [0.4, 0.5) is 5.69 Å². The number of nitrogens with two attached hydrogens (primary N) is 1. The van der Waals surface area contributed by atoms with Gasteiger partial charge in [-0.15, -0.1) is 0 Å². The summed E-state index contributed by atoms with van der Waals surface area (Å²) < 4.78 is 0. The average Bonchev–Trinajstić information content (AvgIpc) is 2.38. The molecule has 1 aromatic heterocycles. The molecule has 0 aliphatic carbocycles. The van der Waals surface area contributed by atoms with E-state index in [0.29, 0.717) is 6.54 Å². The average molecular weight is 213 g/mol. The van der Waals surface area contributed by atoms with Crippen molar-refractivity contribution < 1.29 is 0 Å². The molecule has 0 bridgehead atoms. The molecule has 3 nitrogen and oxygen atoms in total. The summed E-state index contributed by atoms with van der Waals surface area (Å²) in [5, 5.41) is 3.30. The minimum absolute atomic E-state index is 0.594. The van der Waals surface area contributed by atoms with Gasteiger partial charge in [0, 0.05) is 25.5 Å². The molecule has 0 saturated heterocycles. The van der Waals surface area contributed by atoms with Crippen molar-refractivity contribution in [2.24, 2.45) is 5.73 Å². The van der Waals surface area contributed by atoms with E-state index in [-0.39, 0.29) is 0 Å². The van der Waals surface area contributed by atoms with Gasteiger partial charge in [-0.1, -0.05) is 24.3 Å². The Bertz CT molecular complexity index is 423. The summed E-state index contributed by atoms with van der Waals surface area (Å²) in [5.41, 5.74) is 8.97. The van der Waals surface area contributed by atoms with Gasteiger partial charge in [0.2, 0.25) is 0 Å². The smallest absolute Gasteiger partial charge is 0.0529 e. The molecule has 1 heterocycles. The van der Waals surface area contributed by atoms with E-state index in [2.05, 4.69) is 34.6 Å². The van der Waals surface area contributed by atoms with Crippen LogP contribution in [0.25, 0.3) is 0 Å². The standard InChI is InChI=1S/C13H15N3/c14-8-11-3-5-12(6-4-11)9-16-13-2-1-7-15-10-13/h1-7,10,16H,8-9,14H2. The van der Waals surface area contributed by atoms with E-state index in [0.717, 1.165) is 17.8 Å². The summed E-state index contributed by atoms with van der Waals surface area (Å²) in [4.78, 5) is 4.05. The van der Waals surface area contributed by atoms with Gasteiger partial charge in [0.05, 0.1) is 5.69 Å². The zero-order valence-electron chi connectivity index (χ0n) is 9.06. The van der Waals surface area contributed by atoms with Crippen molar-refractivity contribution in [1.29, 1.82) is 0 Å². The molecular weight excluding hydrogens is 198 g/mol. The highest BCUT2D eigenvalue weighted by molar-refractivity contribution is 5.40. The molecule has 2 rings (SSSR count). The lowest BCUT2D eigenvalue weighted by atomic mass is 10.1. The molecule has 0 saturated carbocycles. The molecule has 16 heavy (non-hydrogen) atoms. The molecule has 0 spiro atoms.